The molecule has 21 heavy (non-hydrogen) atoms. The maximum Gasteiger partial charge on any atom is 0.416 e. The standard InChI is InChI=1S/C16H17F3N2/c17-16(18,19)15-5-3-13(4-6-15)14-7-11-21(12-8-14)10-2-1-9-20/h3-7H,1-2,8,10-12H2. The first kappa shape index (κ1) is 15.6. The number of unbranched alkanes of at least 4 members (excludes halogenated alkanes) is 1. The average molecular weight is 294 g/mol. The molecule has 0 spiro atoms. The van der Waals surface area contributed by atoms with E-state index in [9.17, 15) is 13.2 Å². The van der Waals surface area contributed by atoms with Crippen molar-refractivity contribution in [2.75, 3.05) is 19.6 Å². The van der Waals surface area contributed by atoms with E-state index in [2.05, 4.69) is 17.0 Å². The van der Waals surface area contributed by atoms with Gasteiger partial charge in [0.2, 0.25) is 0 Å². The number of nitrogens with zero attached hydrogens (tertiary/aromatic N) is 2. The van der Waals surface area contributed by atoms with Crippen LogP contribution in [-0.4, -0.2) is 24.5 Å². The minimum atomic E-state index is -4.28. The molecule has 0 aliphatic carbocycles. The van der Waals surface area contributed by atoms with E-state index in [1.807, 2.05) is 0 Å². The predicted octanol–water partition coefficient (Wildman–Crippen LogP) is 4.10. The number of hydrogen-bond donors (Lipinski definition) is 0. The molecule has 1 aliphatic heterocycles. The van der Waals surface area contributed by atoms with Crippen molar-refractivity contribution in [2.24, 2.45) is 0 Å². The zero-order valence-electron chi connectivity index (χ0n) is 11.7. The van der Waals surface area contributed by atoms with Crippen molar-refractivity contribution in [1.82, 2.24) is 4.90 Å². The van der Waals surface area contributed by atoms with E-state index in [0.29, 0.717) is 6.42 Å². The highest BCUT2D eigenvalue weighted by atomic mass is 19.4. The Labute approximate surface area is 122 Å². The summed E-state index contributed by atoms with van der Waals surface area (Å²) in [6.45, 7) is 2.57. The third-order valence-corrected chi connectivity index (χ3v) is 3.64. The molecule has 0 atom stereocenters. The van der Waals surface area contributed by atoms with E-state index in [4.69, 9.17) is 5.26 Å². The SMILES string of the molecule is N#CCCCN1CC=C(c2ccc(C(F)(F)F)cc2)CC1. The summed E-state index contributed by atoms with van der Waals surface area (Å²) in [4.78, 5) is 2.25. The van der Waals surface area contributed by atoms with Crippen molar-refractivity contribution >= 4 is 5.57 Å². The molecule has 5 heteroatoms. The zero-order valence-corrected chi connectivity index (χ0v) is 11.7. The molecule has 1 aromatic carbocycles. The Morgan fingerprint density at radius 3 is 2.43 bits per heavy atom. The fourth-order valence-electron chi connectivity index (χ4n) is 2.43. The van der Waals surface area contributed by atoms with Gasteiger partial charge < -0.3 is 0 Å². The van der Waals surface area contributed by atoms with E-state index in [-0.39, 0.29) is 0 Å². The van der Waals surface area contributed by atoms with Crippen molar-refractivity contribution in [3.63, 3.8) is 0 Å². The summed E-state index contributed by atoms with van der Waals surface area (Å²) in [5, 5.41) is 8.51. The van der Waals surface area contributed by atoms with Crippen molar-refractivity contribution in [3.05, 3.63) is 41.5 Å². The first-order valence-electron chi connectivity index (χ1n) is 6.96. The van der Waals surface area contributed by atoms with Gasteiger partial charge in [-0.15, -0.1) is 0 Å². The van der Waals surface area contributed by atoms with Crippen LogP contribution in [0.2, 0.25) is 0 Å². The van der Waals surface area contributed by atoms with Gasteiger partial charge in [-0.2, -0.15) is 18.4 Å². The molecule has 0 fully saturated rings. The molecule has 0 bridgehead atoms. The van der Waals surface area contributed by atoms with E-state index >= 15 is 0 Å². The quantitative estimate of drug-likeness (QED) is 0.782. The lowest BCUT2D eigenvalue weighted by Crippen LogP contribution is -2.29. The van der Waals surface area contributed by atoms with Crippen LogP contribution in [-0.2, 0) is 6.18 Å². The molecular weight excluding hydrogens is 277 g/mol. The van der Waals surface area contributed by atoms with Gasteiger partial charge in [-0.1, -0.05) is 18.2 Å². The van der Waals surface area contributed by atoms with Gasteiger partial charge in [0, 0.05) is 19.5 Å². The number of nitriles is 1. The predicted molar refractivity (Wildman–Crippen MR) is 75.3 cm³/mol. The fraction of sp³-hybridized carbons (Fsp3) is 0.438. The molecule has 0 aromatic heterocycles. The first-order chi connectivity index (χ1) is 10.0. The Balaban J connectivity index is 1.96. The average Bonchev–Trinajstić information content (AvgIpc) is 2.48. The third kappa shape index (κ3) is 4.33. The van der Waals surface area contributed by atoms with Gasteiger partial charge in [0.05, 0.1) is 11.6 Å². The van der Waals surface area contributed by atoms with Crippen LogP contribution in [0.3, 0.4) is 0 Å². The number of hydrogen-bond acceptors (Lipinski definition) is 2. The molecule has 0 unspecified atom stereocenters. The summed E-state index contributed by atoms with van der Waals surface area (Å²) in [7, 11) is 0. The highest BCUT2D eigenvalue weighted by Crippen LogP contribution is 2.31. The number of rotatable bonds is 4. The fourth-order valence-corrected chi connectivity index (χ4v) is 2.43. The second-order valence-corrected chi connectivity index (χ2v) is 5.12. The zero-order chi connectivity index (χ0) is 15.3. The lowest BCUT2D eigenvalue weighted by Gasteiger charge is -2.26. The molecule has 0 radical (unpaired) electrons. The van der Waals surface area contributed by atoms with Gasteiger partial charge in [0.25, 0.3) is 0 Å². The Kier molecular flexibility index (Phi) is 5.03. The largest absolute Gasteiger partial charge is 0.416 e. The smallest absolute Gasteiger partial charge is 0.299 e. The molecule has 1 aliphatic rings. The molecule has 2 nitrogen and oxygen atoms in total. The Morgan fingerprint density at radius 1 is 1.19 bits per heavy atom. The highest BCUT2D eigenvalue weighted by Gasteiger charge is 2.30. The molecule has 1 aromatic rings. The van der Waals surface area contributed by atoms with Crippen LogP contribution in [0, 0.1) is 11.3 Å². The minimum Gasteiger partial charge on any atom is -0.299 e. The monoisotopic (exact) mass is 294 g/mol. The molecule has 1 heterocycles. The molecule has 2 rings (SSSR count). The maximum atomic E-state index is 12.5. The van der Waals surface area contributed by atoms with Crippen molar-refractivity contribution < 1.29 is 13.2 Å². The third-order valence-electron chi connectivity index (χ3n) is 3.64. The first-order valence-corrected chi connectivity index (χ1v) is 6.96. The summed E-state index contributed by atoms with van der Waals surface area (Å²) in [5.74, 6) is 0. The molecule has 0 saturated carbocycles. The topological polar surface area (TPSA) is 27.0 Å². The van der Waals surface area contributed by atoms with Crippen molar-refractivity contribution in [3.8, 4) is 6.07 Å². The summed E-state index contributed by atoms with van der Waals surface area (Å²) in [6, 6.07) is 7.48. The summed E-state index contributed by atoms with van der Waals surface area (Å²) < 4.78 is 37.5. The van der Waals surface area contributed by atoms with Crippen LogP contribution < -0.4 is 0 Å². The number of halogens is 3. The Morgan fingerprint density at radius 2 is 1.90 bits per heavy atom. The lowest BCUT2D eigenvalue weighted by atomic mass is 9.98. The summed E-state index contributed by atoms with van der Waals surface area (Å²) in [6.07, 6.45) is 0.0410. The molecule has 112 valence electrons. The maximum absolute atomic E-state index is 12.5. The molecule has 0 N–H and O–H groups in total. The van der Waals surface area contributed by atoms with Gasteiger partial charge >= 0.3 is 6.18 Å². The molecule has 0 amide bonds. The Bertz CT molecular complexity index is 538. The molecule has 0 saturated heterocycles. The van der Waals surface area contributed by atoms with Crippen molar-refractivity contribution in [2.45, 2.75) is 25.4 Å². The summed E-state index contributed by atoms with van der Waals surface area (Å²) >= 11 is 0. The number of benzene rings is 1. The van der Waals surface area contributed by atoms with Crippen LogP contribution >= 0.6 is 0 Å². The van der Waals surface area contributed by atoms with Gasteiger partial charge in [-0.3, -0.25) is 4.90 Å². The Hall–Kier alpha value is -1.80. The normalized spacial score (nSPS) is 16.4. The highest BCUT2D eigenvalue weighted by molar-refractivity contribution is 5.66. The van der Waals surface area contributed by atoms with E-state index in [1.165, 1.54) is 0 Å². The summed E-state index contributed by atoms with van der Waals surface area (Å²) in [5.41, 5.74) is 1.35. The second-order valence-electron chi connectivity index (χ2n) is 5.12. The second kappa shape index (κ2) is 6.77. The van der Waals surface area contributed by atoms with Gasteiger partial charge in [0.1, 0.15) is 0 Å². The van der Waals surface area contributed by atoms with Crippen LogP contribution in [0.15, 0.2) is 30.3 Å². The minimum absolute atomic E-state index is 0.561. The van der Waals surface area contributed by atoms with E-state index in [0.717, 1.165) is 55.7 Å². The van der Waals surface area contributed by atoms with Crippen LogP contribution in [0.1, 0.15) is 30.4 Å². The van der Waals surface area contributed by atoms with Crippen LogP contribution in [0.5, 0.6) is 0 Å². The van der Waals surface area contributed by atoms with Crippen LogP contribution in [0.25, 0.3) is 5.57 Å². The van der Waals surface area contributed by atoms with E-state index in [1.54, 1.807) is 12.1 Å². The lowest BCUT2D eigenvalue weighted by molar-refractivity contribution is -0.137. The number of alkyl halides is 3. The van der Waals surface area contributed by atoms with Gasteiger partial charge in [-0.05, 0) is 42.7 Å². The molecular formula is C16H17F3N2. The van der Waals surface area contributed by atoms with Gasteiger partial charge in [0.15, 0.2) is 0 Å². The van der Waals surface area contributed by atoms with Crippen molar-refractivity contribution in [1.29, 1.82) is 5.26 Å². The van der Waals surface area contributed by atoms with Crippen LogP contribution in [0.4, 0.5) is 13.2 Å². The van der Waals surface area contributed by atoms with E-state index < -0.39 is 11.7 Å². The van der Waals surface area contributed by atoms with Gasteiger partial charge in [-0.25, -0.2) is 0 Å².